The standard InChI is InChI=1S/C10H6BrNO/c11-10-8(5-2-6-12)3-1-4-9(10)7-13/h1-5,7H. The molecule has 0 unspecified atom stereocenters. The smallest absolute Gasteiger partial charge is 0.151 e. The number of hydrogen-bond acceptors (Lipinski definition) is 2. The minimum Gasteiger partial charge on any atom is -0.298 e. The lowest BCUT2D eigenvalue weighted by molar-refractivity contribution is 0.112. The van der Waals surface area contributed by atoms with Gasteiger partial charge in [-0.15, -0.1) is 0 Å². The number of aldehydes is 1. The Balaban J connectivity index is 3.17. The van der Waals surface area contributed by atoms with Crippen LogP contribution in [0.2, 0.25) is 0 Å². The molecule has 0 bridgehead atoms. The summed E-state index contributed by atoms with van der Waals surface area (Å²) in [7, 11) is 0. The zero-order chi connectivity index (χ0) is 9.68. The van der Waals surface area contributed by atoms with E-state index in [1.807, 2.05) is 12.1 Å². The summed E-state index contributed by atoms with van der Waals surface area (Å²) in [5.74, 6) is 0. The van der Waals surface area contributed by atoms with Gasteiger partial charge in [0.05, 0.1) is 6.07 Å². The van der Waals surface area contributed by atoms with Crippen molar-refractivity contribution in [1.82, 2.24) is 0 Å². The molecule has 3 heteroatoms. The topological polar surface area (TPSA) is 40.9 Å². The highest BCUT2D eigenvalue weighted by molar-refractivity contribution is 9.10. The number of benzene rings is 1. The van der Waals surface area contributed by atoms with Crippen LogP contribution < -0.4 is 0 Å². The number of nitrogens with zero attached hydrogens (tertiary/aromatic N) is 1. The third kappa shape index (κ3) is 2.27. The lowest BCUT2D eigenvalue weighted by atomic mass is 10.1. The third-order valence-electron chi connectivity index (χ3n) is 1.52. The van der Waals surface area contributed by atoms with Crippen molar-refractivity contribution < 1.29 is 4.79 Å². The van der Waals surface area contributed by atoms with E-state index in [1.54, 1.807) is 18.2 Å². The predicted octanol–water partition coefficient (Wildman–Crippen LogP) is 2.80. The normalized spacial score (nSPS) is 9.85. The highest BCUT2D eigenvalue weighted by atomic mass is 79.9. The lowest BCUT2D eigenvalue weighted by Gasteiger charge is -1.99. The van der Waals surface area contributed by atoms with Crippen molar-refractivity contribution >= 4 is 28.3 Å². The summed E-state index contributed by atoms with van der Waals surface area (Å²) < 4.78 is 0.719. The molecule has 0 aromatic heterocycles. The maximum atomic E-state index is 10.5. The molecular formula is C10H6BrNO. The SMILES string of the molecule is N#CC=Cc1cccc(C=O)c1Br. The van der Waals surface area contributed by atoms with E-state index in [2.05, 4.69) is 15.9 Å². The van der Waals surface area contributed by atoms with Crippen LogP contribution in [-0.4, -0.2) is 6.29 Å². The molecule has 2 nitrogen and oxygen atoms in total. The van der Waals surface area contributed by atoms with Crippen molar-refractivity contribution in [3.63, 3.8) is 0 Å². The molecule has 0 spiro atoms. The van der Waals surface area contributed by atoms with Crippen LogP contribution in [0.4, 0.5) is 0 Å². The Kier molecular flexibility index (Phi) is 3.41. The van der Waals surface area contributed by atoms with Crippen LogP contribution in [0, 0.1) is 11.3 Å². The van der Waals surface area contributed by atoms with E-state index in [0.29, 0.717) is 5.56 Å². The van der Waals surface area contributed by atoms with E-state index < -0.39 is 0 Å². The summed E-state index contributed by atoms with van der Waals surface area (Å²) in [5, 5.41) is 8.32. The maximum Gasteiger partial charge on any atom is 0.151 e. The van der Waals surface area contributed by atoms with Crippen molar-refractivity contribution in [2.75, 3.05) is 0 Å². The molecule has 0 atom stereocenters. The van der Waals surface area contributed by atoms with Gasteiger partial charge in [-0.25, -0.2) is 0 Å². The zero-order valence-electron chi connectivity index (χ0n) is 6.70. The van der Waals surface area contributed by atoms with Crippen molar-refractivity contribution in [1.29, 1.82) is 5.26 Å². The molecule has 64 valence electrons. The highest BCUT2D eigenvalue weighted by Crippen LogP contribution is 2.21. The van der Waals surface area contributed by atoms with E-state index in [-0.39, 0.29) is 0 Å². The number of rotatable bonds is 2. The zero-order valence-corrected chi connectivity index (χ0v) is 8.28. The number of allylic oxidation sites excluding steroid dienone is 1. The number of nitriles is 1. The number of carbonyl (C=O) groups is 1. The molecule has 0 radical (unpaired) electrons. The van der Waals surface area contributed by atoms with Crippen LogP contribution in [-0.2, 0) is 0 Å². The second-order valence-corrected chi connectivity index (χ2v) is 3.12. The minimum absolute atomic E-state index is 0.583. The van der Waals surface area contributed by atoms with Gasteiger partial charge in [0.1, 0.15) is 0 Å². The summed E-state index contributed by atoms with van der Waals surface area (Å²) in [6, 6.07) is 7.19. The van der Waals surface area contributed by atoms with Gasteiger partial charge >= 0.3 is 0 Å². The Morgan fingerprint density at radius 2 is 2.08 bits per heavy atom. The van der Waals surface area contributed by atoms with Gasteiger partial charge in [-0.2, -0.15) is 5.26 Å². The monoisotopic (exact) mass is 235 g/mol. The molecule has 13 heavy (non-hydrogen) atoms. The molecule has 0 N–H and O–H groups in total. The van der Waals surface area contributed by atoms with E-state index in [1.165, 1.54) is 6.08 Å². The molecule has 0 aliphatic carbocycles. The first kappa shape index (κ1) is 9.69. The van der Waals surface area contributed by atoms with Gasteiger partial charge in [-0.3, -0.25) is 4.79 Å². The Morgan fingerprint density at radius 3 is 2.69 bits per heavy atom. The molecular weight excluding hydrogens is 230 g/mol. The van der Waals surface area contributed by atoms with E-state index in [0.717, 1.165) is 16.3 Å². The Labute approximate surface area is 84.6 Å². The Hall–Kier alpha value is -1.40. The van der Waals surface area contributed by atoms with Crippen molar-refractivity contribution in [2.45, 2.75) is 0 Å². The molecule has 0 aliphatic heterocycles. The van der Waals surface area contributed by atoms with Gasteiger partial charge in [0.2, 0.25) is 0 Å². The third-order valence-corrected chi connectivity index (χ3v) is 2.44. The Bertz CT molecular complexity index is 390. The van der Waals surface area contributed by atoms with Crippen LogP contribution in [0.5, 0.6) is 0 Å². The van der Waals surface area contributed by atoms with E-state index >= 15 is 0 Å². The van der Waals surface area contributed by atoms with Crippen LogP contribution in [0.15, 0.2) is 28.7 Å². The molecule has 1 aromatic carbocycles. The minimum atomic E-state index is 0.583. The first-order valence-electron chi connectivity index (χ1n) is 3.59. The van der Waals surface area contributed by atoms with Gasteiger partial charge in [0, 0.05) is 16.1 Å². The average Bonchev–Trinajstić information content (AvgIpc) is 2.16. The molecule has 0 saturated carbocycles. The Morgan fingerprint density at radius 1 is 1.38 bits per heavy atom. The fourth-order valence-electron chi connectivity index (χ4n) is 0.915. The van der Waals surface area contributed by atoms with Crippen molar-refractivity contribution in [2.24, 2.45) is 0 Å². The second kappa shape index (κ2) is 4.58. The van der Waals surface area contributed by atoms with Crippen molar-refractivity contribution in [3.05, 3.63) is 39.9 Å². The molecule has 0 saturated heterocycles. The fraction of sp³-hybridized carbons (Fsp3) is 0. The number of carbonyl (C=O) groups excluding carboxylic acids is 1. The van der Waals surface area contributed by atoms with Gasteiger partial charge in [-0.05, 0) is 27.6 Å². The lowest BCUT2D eigenvalue weighted by Crippen LogP contribution is -1.84. The summed E-state index contributed by atoms with van der Waals surface area (Å²) in [5.41, 5.74) is 1.41. The molecule has 1 aromatic rings. The highest BCUT2D eigenvalue weighted by Gasteiger charge is 2.00. The number of halogens is 1. The van der Waals surface area contributed by atoms with Gasteiger partial charge < -0.3 is 0 Å². The molecule has 1 rings (SSSR count). The molecule has 0 fully saturated rings. The number of hydrogen-bond donors (Lipinski definition) is 0. The largest absolute Gasteiger partial charge is 0.298 e. The molecule has 0 aliphatic rings. The summed E-state index contributed by atoms with van der Waals surface area (Å²) in [6.07, 6.45) is 3.79. The van der Waals surface area contributed by atoms with E-state index in [9.17, 15) is 4.79 Å². The summed E-state index contributed by atoms with van der Waals surface area (Å²) in [4.78, 5) is 10.5. The van der Waals surface area contributed by atoms with Gasteiger partial charge in [0.25, 0.3) is 0 Å². The molecule has 0 heterocycles. The van der Waals surface area contributed by atoms with Crippen molar-refractivity contribution in [3.8, 4) is 6.07 Å². The van der Waals surface area contributed by atoms with Crippen LogP contribution in [0.3, 0.4) is 0 Å². The maximum absolute atomic E-state index is 10.5. The van der Waals surface area contributed by atoms with Gasteiger partial charge in [0.15, 0.2) is 6.29 Å². The first-order valence-corrected chi connectivity index (χ1v) is 4.38. The summed E-state index contributed by atoms with van der Waals surface area (Å²) in [6.45, 7) is 0. The summed E-state index contributed by atoms with van der Waals surface area (Å²) >= 11 is 3.28. The van der Waals surface area contributed by atoms with Crippen LogP contribution in [0.1, 0.15) is 15.9 Å². The second-order valence-electron chi connectivity index (χ2n) is 2.33. The van der Waals surface area contributed by atoms with E-state index in [4.69, 9.17) is 5.26 Å². The van der Waals surface area contributed by atoms with Gasteiger partial charge in [-0.1, -0.05) is 18.2 Å². The molecule has 0 amide bonds. The van der Waals surface area contributed by atoms with Crippen LogP contribution >= 0.6 is 15.9 Å². The predicted molar refractivity (Wildman–Crippen MR) is 54.2 cm³/mol. The van der Waals surface area contributed by atoms with Crippen LogP contribution in [0.25, 0.3) is 6.08 Å². The first-order chi connectivity index (χ1) is 6.29. The average molecular weight is 236 g/mol. The quantitative estimate of drug-likeness (QED) is 0.585. The fourth-order valence-corrected chi connectivity index (χ4v) is 1.41.